The van der Waals surface area contributed by atoms with Gasteiger partial charge in [0, 0.05) is 19.2 Å². The Hall–Kier alpha value is -2.04. The molecule has 98 valence electrons. The van der Waals surface area contributed by atoms with Crippen molar-refractivity contribution in [2.45, 2.75) is 6.92 Å². The third-order valence-electron chi connectivity index (χ3n) is 2.58. The van der Waals surface area contributed by atoms with E-state index in [0.29, 0.717) is 23.6 Å². The predicted octanol–water partition coefficient (Wildman–Crippen LogP) is 1.36. The van der Waals surface area contributed by atoms with E-state index in [9.17, 15) is 9.59 Å². The summed E-state index contributed by atoms with van der Waals surface area (Å²) in [6.45, 7) is 2.46. The number of amides is 1. The first-order chi connectivity index (χ1) is 8.62. The summed E-state index contributed by atoms with van der Waals surface area (Å²) in [5, 5.41) is 0. The topological polar surface area (TPSA) is 55.8 Å². The van der Waals surface area contributed by atoms with Gasteiger partial charge in [-0.25, -0.2) is 0 Å². The lowest BCUT2D eigenvalue weighted by Crippen LogP contribution is -2.31. The molecule has 0 radical (unpaired) electrons. The largest absolute Gasteiger partial charge is 0.493 e. The molecule has 5 nitrogen and oxygen atoms in total. The van der Waals surface area contributed by atoms with E-state index in [1.54, 1.807) is 30.1 Å². The van der Waals surface area contributed by atoms with E-state index < -0.39 is 0 Å². The van der Waals surface area contributed by atoms with E-state index >= 15 is 0 Å². The van der Waals surface area contributed by atoms with Crippen molar-refractivity contribution in [2.24, 2.45) is 0 Å². The maximum absolute atomic E-state index is 11.6. The van der Waals surface area contributed by atoms with Crippen molar-refractivity contribution in [3.05, 3.63) is 23.8 Å². The van der Waals surface area contributed by atoms with Gasteiger partial charge < -0.3 is 14.4 Å². The Morgan fingerprint density at radius 2 is 2.11 bits per heavy atom. The third kappa shape index (κ3) is 3.48. The van der Waals surface area contributed by atoms with Gasteiger partial charge in [0.1, 0.15) is 6.29 Å². The van der Waals surface area contributed by atoms with Crippen LogP contribution in [0.1, 0.15) is 17.3 Å². The van der Waals surface area contributed by atoms with Crippen molar-refractivity contribution in [1.29, 1.82) is 0 Å². The van der Waals surface area contributed by atoms with E-state index in [1.165, 1.54) is 7.11 Å². The Balaban J connectivity index is 2.72. The van der Waals surface area contributed by atoms with Crippen molar-refractivity contribution >= 4 is 12.2 Å². The fourth-order valence-corrected chi connectivity index (χ4v) is 1.30. The van der Waals surface area contributed by atoms with Crippen LogP contribution in [0.3, 0.4) is 0 Å². The van der Waals surface area contributed by atoms with Gasteiger partial charge in [0.2, 0.25) is 0 Å². The van der Waals surface area contributed by atoms with Crippen LogP contribution in [0, 0.1) is 0 Å². The van der Waals surface area contributed by atoms with Crippen molar-refractivity contribution < 1.29 is 19.1 Å². The maximum atomic E-state index is 11.6. The minimum absolute atomic E-state index is 0.0544. The average Bonchev–Trinajstić information content (AvgIpc) is 2.43. The molecule has 0 N–H and O–H groups in total. The normalized spacial score (nSPS) is 9.72. The number of rotatable bonds is 6. The van der Waals surface area contributed by atoms with Crippen LogP contribution in [0.2, 0.25) is 0 Å². The van der Waals surface area contributed by atoms with Crippen molar-refractivity contribution in [3.8, 4) is 11.5 Å². The van der Waals surface area contributed by atoms with Gasteiger partial charge in [-0.1, -0.05) is 0 Å². The molecule has 0 aromatic heterocycles. The number of likely N-dealkylation sites (N-methyl/N-ethyl adjacent to an activating group) is 1. The molecule has 0 spiro atoms. The highest BCUT2D eigenvalue weighted by Gasteiger charge is 2.10. The second-order valence-electron chi connectivity index (χ2n) is 3.72. The van der Waals surface area contributed by atoms with Gasteiger partial charge in [0.05, 0.1) is 7.11 Å². The molecular weight excluding hydrogens is 234 g/mol. The summed E-state index contributed by atoms with van der Waals surface area (Å²) in [5.41, 5.74) is 0.496. The van der Waals surface area contributed by atoms with E-state index in [1.807, 2.05) is 6.92 Å². The lowest BCUT2D eigenvalue weighted by Gasteiger charge is -2.16. The zero-order chi connectivity index (χ0) is 13.5. The fourth-order valence-electron chi connectivity index (χ4n) is 1.30. The second-order valence-corrected chi connectivity index (χ2v) is 3.72. The SMILES string of the molecule is CCN(C)C(=O)COc1ccc(C=O)cc1OC. The minimum atomic E-state index is -0.112. The molecule has 0 bridgehead atoms. The molecule has 0 unspecified atom stereocenters. The molecular formula is C13H17NO4. The Kier molecular flexibility index (Phi) is 5.17. The van der Waals surface area contributed by atoms with Crippen LogP contribution in [-0.4, -0.2) is 44.4 Å². The predicted molar refractivity (Wildman–Crippen MR) is 67.2 cm³/mol. The summed E-state index contributed by atoms with van der Waals surface area (Å²) >= 11 is 0. The summed E-state index contributed by atoms with van der Waals surface area (Å²) in [5.74, 6) is 0.770. The average molecular weight is 251 g/mol. The third-order valence-corrected chi connectivity index (χ3v) is 2.58. The van der Waals surface area contributed by atoms with Crippen LogP contribution in [0.5, 0.6) is 11.5 Å². The molecule has 0 heterocycles. The zero-order valence-electron chi connectivity index (χ0n) is 10.8. The van der Waals surface area contributed by atoms with Crippen molar-refractivity contribution in [3.63, 3.8) is 0 Å². The van der Waals surface area contributed by atoms with Crippen LogP contribution in [0.15, 0.2) is 18.2 Å². The van der Waals surface area contributed by atoms with Crippen LogP contribution < -0.4 is 9.47 Å². The molecule has 1 aromatic rings. The lowest BCUT2D eigenvalue weighted by atomic mass is 10.2. The van der Waals surface area contributed by atoms with Crippen LogP contribution in [0.4, 0.5) is 0 Å². The first-order valence-corrected chi connectivity index (χ1v) is 5.62. The number of benzene rings is 1. The van der Waals surface area contributed by atoms with Gasteiger partial charge in [0.15, 0.2) is 18.1 Å². The van der Waals surface area contributed by atoms with E-state index in [-0.39, 0.29) is 12.5 Å². The molecule has 1 amide bonds. The number of hydrogen-bond donors (Lipinski definition) is 0. The monoisotopic (exact) mass is 251 g/mol. The molecule has 1 aromatic carbocycles. The molecule has 0 saturated carbocycles. The van der Waals surface area contributed by atoms with Gasteiger partial charge >= 0.3 is 0 Å². The number of methoxy groups -OCH3 is 1. The van der Waals surface area contributed by atoms with Crippen LogP contribution >= 0.6 is 0 Å². The number of carbonyl (C=O) groups excluding carboxylic acids is 2. The number of hydrogen-bond acceptors (Lipinski definition) is 4. The number of carbonyl (C=O) groups is 2. The molecule has 5 heteroatoms. The van der Waals surface area contributed by atoms with E-state index in [0.717, 1.165) is 6.29 Å². The molecule has 0 fully saturated rings. The van der Waals surface area contributed by atoms with Crippen molar-refractivity contribution in [2.75, 3.05) is 27.3 Å². The highest BCUT2D eigenvalue weighted by molar-refractivity contribution is 5.78. The van der Waals surface area contributed by atoms with Gasteiger partial charge in [-0.15, -0.1) is 0 Å². The number of aldehydes is 1. The summed E-state index contributed by atoms with van der Waals surface area (Å²) < 4.78 is 10.5. The fraction of sp³-hybridized carbons (Fsp3) is 0.385. The second kappa shape index (κ2) is 6.64. The van der Waals surface area contributed by atoms with Crippen LogP contribution in [-0.2, 0) is 4.79 Å². The van der Waals surface area contributed by atoms with Crippen LogP contribution in [0.25, 0.3) is 0 Å². The first kappa shape index (κ1) is 14.0. The zero-order valence-corrected chi connectivity index (χ0v) is 10.8. The molecule has 18 heavy (non-hydrogen) atoms. The van der Waals surface area contributed by atoms with Gasteiger partial charge in [-0.2, -0.15) is 0 Å². The Bertz CT molecular complexity index is 431. The Morgan fingerprint density at radius 1 is 1.39 bits per heavy atom. The van der Waals surface area contributed by atoms with E-state index in [4.69, 9.17) is 9.47 Å². The summed E-state index contributed by atoms with van der Waals surface area (Å²) in [6.07, 6.45) is 0.725. The molecule has 0 aliphatic carbocycles. The highest BCUT2D eigenvalue weighted by Crippen LogP contribution is 2.27. The maximum Gasteiger partial charge on any atom is 0.260 e. The molecule has 1 rings (SSSR count). The summed E-state index contributed by atoms with van der Waals surface area (Å²) in [4.78, 5) is 23.8. The Morgan fingerprint density at radius 3 is 2.67 bits per heavy atom. The Labute approximate surface area is 106 Å². The summed E-state index contributed by atoms with van der Waals surface area (Å²) in [6, 6.07) is 4.79. The van der Waals surface area contributed by atoms with E-state index in [2.05, 4.69) is 0 Å². The van der Waals surface area contributed by atoms with Crippen molar-refractivity contribution in [1.82, 2.24) is 4.90 Å². The van der Waals surface area contributed by atoms with Gasteiger partial charge in [-0.3, -0.25) is 9.59 Å². The molecule has 0 aliphatic rings. The van der Waals surface area contributed by atoms with Gasteiger partial charge in [-0.05, 0) is 25.1 Å². The number of nitrogens with zero attached hydrogens (tertiary/aromatic N) is 1. The first-order valence-electron chi connectivity index (χ1n) is 5.62. The molecule has 0 saturated heterocycles. The molecule has 0 atom stereocenters. The molecule has 0 aliphatic heterocycles. The standard InChI is InChI=1S/C13H17NO4/c1-4-14(2)13(16)9-18-11-6-5-10(8-15)7-12(11)17-3/h5-8H,4,9H2,1-3H3. The smallest absolute Gasteiger partial charge is 0.260 e. The highest BCUT2D eigenvalue weighted by atomic mass is 16.5. The van der Waals surface area contributed by atoms with Gasteiger partial charge in [0.25, 0.3) is 5.91 Å². The minimum Gasteiger partial charge on any atom is -0.493 e. The number of ether oxygens (including phenoxy) is 2. The summed E-state index contributed by atoms with van der Waals surface area (Å²) in [7, 11) is 3.19. The lowest BCUT2D eigenvalue weighted by molar-refractivity contribution is -0.131. The quantitative estimate of drug-likeness (QED) is 0.716.